The molecule has 15 heavy (non-hydrogen) atoms. The van der Waals surface area contributed by atoms with Crippen LogP contribution < -0.4 is 5.73 Å². The molecule has 0 saturated heterocycles. The largest absolute Gasteiger partial charge is 0.396 e. The Labute approximate surface area is 87.4 Å². The van der Waals surface area contributed by atoms with Crippen molar-refractivity contribution in [2.75, 3.05) is 5.73 Å². The fourth-order valence-electron chi connectivity index (χ4n) is 1.44. The standard InChI is InChI=1S/C11H12FN3/c1-7-8(2)15(6-14-7)9-3-4-10(12)11(13)5-9/h3-6H,13H2,1-2H3. The van der Waals surface area contributed by atoms with E-state index in [1.807, 2.05) is 18.4 Å². The van der Waals surface area contributed by atoms with Crippen molar-refractivity contribution in [1.82, 2.24) is 9.55 Å². The highest BCUT2D eigenvalue weighted by molar-refractivity contribution is 5.49. The predicted octanol–water partition coefficient (Wildman–Crippen LogP) is 2.21. The van der Waals surface area contributed by atoms with Gasteiger partial charge in [0, 0.05) is 11.4 Å². The van der Waals surface area contributed by atoms with Gasteiger partial charge in [0.1, 0.15) is 5.82 Å². The van der Waals surface area contributed by atoms with Gasteiger partial charge in [-0.2, -0.15) is 0 Å². The number of imidazole rings is 1. The van der Waals surface area contributed by atoms with Crippen molar-refractivity contribution in [2.45, 2.75) is 13.8 Å². The van der Waals surface area contributed by atoms with Crippen LogP contribution in [-0.2, 0) is 0 Å². The number of hydrogen-bond donors (Lipinski definition) is 1. The number of hydrogen-bond acceptors (Lipinski definition) is 2. The van der Waals surface area contributed by atoms with Crippen molar-refractivity contribution in [1.29, 1.82) is 0 Å². The number of rotatable bonds is 1. The molecule has 2 rings (SSSR count). The molecule has 0 unspecified atom stereocenters. The molecule has 0 radical (unpaired) electrons. The third kappa shape index (κ3) is 1.58. The van der Waals surface area contributed by atoms with Crippen LogP contribution in [0.2, 0.25) is 0 Å². The predicted molar refractivity (Wildman–Crippen MR) is 57.4 cm³/mol. The van der Waals surface area contributed by atoms with Gasteiger partial charge in [-0.05, 0) is 32.0 Å². The van der Waals surface area contributed by atoms with Crippen molar-refractivity contribution >= 4 is 5.69 Å². The highest BCUT2D eigenvalue weighted by atomic mass is 19.1. The zero-order chi connectivity index (χ0) is 11.0. The molecule has 0 aliphatic rings. The third-order valence-corrected chi connectivity index (χ3v) is 2.51. The Kier molecular flexibility index (Phi) is 2.19. The lowest BCUT2D eigenvalue weighted by Gasteiger charge is -2.06. The van der Waals surface area contributed by atoms with Gasteiger partial charge in [0.15, 0.2) is 0 Å². The minimum absolute atomic E-state index is 0.151. The van der Waals surface area contributed by atoms with Gasteiger partial charge in [0.2, 0.25) is 0 Å². The molecule has 1 heterocycles. The molecule has 4 heteroatoms. The molecule has 1 aromatic carbocycles. The molecule has 1 aromatic heterocycles. The van der Waals surface area contributed by atoms with E-state index in [9.17, 15) is 4.39 Å². The Morgan fingerprint density at radius 1 is 1.33 bits per heavy atom. The van der Waals surface area contributed by atoms with E-state index < -0.39 is 5.82 Å². The number of aromatic nitrogens is 2. The lowest BCUT2D eigenvalue weighted by atomic mass is 10.2. The van der Waals surface area contributed by atoms with Crippen molar-refractivity contribution in [3.05, 3.63) is 41.7 Å². The van der Waals surface area contributed by atoms with E-state index in [2.05, 4.69) is 4.98 Å². The van der Waals surface area contributed by atoms with Gasteiger partial charge in [-0.25, -0.2) is 9.37 Å². The molecule has 78 valence electrons. The Morgan fingerprint density at radius 3 is 2.60 bits per heavy atom. The zero-order valence-electron chi connectivity index (χ0n) is 8.66. The SMILES string of the molecule is Cc1ncn(-c2ccc(F)c(N)c2)c1C. The topological polar surface area (TPSA) is 43.8 Å². The second-order valence-corrected chi connectivity index (χ2v) is 3.49. The van der Waals surface area contributed by atoms with E-state index in [1.165, 1.54) is 6.07 Å². The van der Waals surface area contributed by atoms with Gasteiger partial charge < -0.3 is 10.3 Å². The molecule has 0 aliphatic heterocycles. The number of nitrogens with zero attached hydrogens (tertiary/aromatic N) is 2. The van der Waals surface area contributed by atoms with E-state index >= 15 is 0 Å². The maximum atomic E-state index is 13.0. The van der Waals surface area contributed by atoms with Gasteiger partial charge in [0.25, 0.3) is 0 Å². The van der Waals surface area contributed by atoms with Gasteiger partial charge in [-0.15, -0.1) is 0 Å². The van der Waals surface area contributed by atoms with Gasteiger partial charge >= 0.3 is 0 Å². The fourth-order valence-corrected chi connectivity index (χ4v) is 1.44. The average Bonchev–Trinajstić information content (AvgIpc) is 2.53. The van der Waals surface area contributed by atoms with Crippen LogP contribution in [0.1, 0.15) is 11.4 Å². The van der Waals surface area contributed by atoms with Gasteiger partial charge in [0.05, 0.1) is 17.7 Å². The Balaban J connectivity index is 2.55. The summed E-state index contributed by atoms with van der Waals surface area (Å²) in [6, 6.07) is 4.64. The maximum absolute atomic E-state index is 13.0. The van der Waals surface area contributed by atoms with E-state index in [0.717, 1.165) is 17.1 Å². The van der Waals surface area contributed by atoms with Gasteiger partial charge in [-0.3, -0.25) is 0 Å². The molecule has 0 aliphatic carbocycles. The highest BCUT2D eigenvalue weighted by Gasteiger charge is 2.06. The highest BCUT2D eigenvalue weighted by Crippen LogP contribution is 2.18. The molecule has 0 spiro atoms. The smallest absolute Gasteiger partial charge is 0.146 e. The third-order valence-electron chi connectivity index (χ3n) is 2.51. The summed E-state index contributed by atoms with van der Waals surface area (Å²) in [5.41, 5.74) is 8.47. The first-order valence-corrected chi connectivity index (χ1v) is 4.65. The first-order chi connectivity index (χ1) is 7.09. The van der Waals surface area contributed by atoms with Crippen LogP contribution in [0.15, 0.2) is 24.5 Å². The number of anilines is 1. The summed E-state index contributed by atoms with van der Waals surface area (Å²) in [6.07, 6.45) is 1.71. The average molecular weight is 205 g/mol. The maximum Gasteiger partial charge on any atom is 0.146 e. The normalized spacial score (nSPS) is 10.6. The fraction of sp³-hybridized carbons (Fsp3) is 0.182. The number of aryl methyl sites for hydroxylation is 1. The minimum atomic E-state index is -0.395. The summed E-state index contributed by atoms with van der Waals surface area (Å²) in [5.74, 6) is -0.395. The lowest BCUT2D eigenvalue weighted by Crippen LogP contribution is -1.98. The molecule has 0 bridgehead atoms. The van der Waals surface area contributed by atoms with Crippen molar-refractivity contribution < 1.29 is 4.39 Å². The summed E-state index contributed by atoms with van der Waals surface area (Å²) in [4.78, 5) is 4.17. The van der Waals surface area contributed by atoms with E-state index in [-0.39, 0.29) is 5.69 Å². The van der Waals surface area contributed by atoms with Gasteiger partial charge in [-0.1, -0.05) is 0 Å². The number of halogens is 1. The first kappa shape index (κ1) is 9.71. The molecule has 0 fully saturated rings. The molecule has 0 atom stereocenters. The summed E-state index contributed by atoms with van der Waals surface area (Å²) in [7, 11) is 0. The Hall–Kier alpha value is -1.84. The van der Waals surface area contributed by atoms with Crippen LogP contribution in [0.25, 0.3) is 5.69 Å². The molecular weight excluding hydrogens is 193 g/mol. The Bertz CT molecular complexity index is 503. The molecule has 2 N–H and O–H groups in total. The quantitative estimate of drug-likeness (QED) is 0.725. The second-order valence-electron chi connectivity index (χ2n) is 3.49. The van der Waals surface area contributed by atoms with Crippen LogP contribution in [0, 0.1) is 19.7 Å². The van der Waals surface area contributed by atoms with E-state index in [4.69, 9.17) is 5.73 Å². The van der Waals surface area contributed by atoms with Crippen LogP contribution in [0.3, 0.4) is 0 Å². The first-order valence-electron chi connectivity index (χ1n) is 4.65. The summed E-state index contributed by atoms with van der Waals surface area (Å²) >= 11 is 0. The number of nitrogen functional groups attached to an aromatic ring is 1. The van der Waals surface area contributed by atoms with E-state index in [1.54, 1.807) is 18.5 Å². The minimum Gasteiger partial charge on any atom is -0.396 e. The van der Waals surface area contributed by atoms with Crippen molar-refractivity contribution in [3.8, 4) is 5.69 Å². The molecule has 0 saturated carbocycles. The molecule has 0 amide bonds. The molecular formula is C11H12FN3. The van der Waals surface area contributed by atoms with Crippen LogP contribution in [0.4, 0.5) is 10.1 Å². The summed E-state index contributed by atoms with van der Waals surface area (Å²) < 4.78 is 14.9. The summed E-state index contributed by atoms with van der Waals surface area (Å²) in [6.45, 7) is 3.89. The zero-order valence-corrected chi connectivity index (χ0v) is 8.66. The van der Waals surface area contributed by atoms with Crippen molar-refractivity contribution in [3.63, 3.8) is 0 Å². The number of nitrogens with two attached hydrogens (primary N) is 1. The van der Waals surface area contributed by atoms with E-state index in [0.29, 0.717) is 0 Å². The number of benzene rings is 1. The van der Waals surface area contributed by atoms with Crippen molar-refractivity contribution in [2.24, 2.45) is 0 Å². The lowest BCUT2D eigenvalue weighted by molar-refractivity contribution is 0.632. The van der Waals surface area contributed by atoms with Crippen LogP contribution in [-0.4, -0.2) is 9.55 Å². The van der Waals surface area contributed by atoms with Crippen LogP contribution >= 0.6 is 0 Å². The molecule has 3 nitrogen and oxygen atoms in total. The molecule has 2 aromatic rings. The second kappa shape index (κ2) is 3.38. The summed E-state index contributed by atoms with van der Waals surface area (Å²) in [5, 5.41) is 0. The Morgan fingerprint density at radius 2 is 2.07 bits per heavy atom. The monoisotopic (exact) mass is 205 g/mol. The van der Waals surface area contributed by atoms with Crippen LogP contribution in [0.5, 0.6) is 0 Å².